The first-order chi connectivity index (χ1) is 12.0. The maximum atomic E-state index is 13.2. The van der Waals surface area contributed by atoms with Gasteiger partial charge in [0, 0.05) is 0 Å². The van der Waals surface area contributed by atoms with E-state index in [2.05, 4.69) is 9.05 Å². The Balaban J connectivity index is 3.38. The quantitative estimate of drug-likeness (QED) is 0.268. The Kier molecular flexibility index (Phi) is 6.78. The van der Waals surface area contributed by atoms with E-state index in [1.165, 1.54) is 4.52 Å². The SMILES string of the molecule is FC(F)(F)C(F)(F)COP1(OCC(F)(F)C(F)(F)F)=NP(F)(F)=NP(F)(F)=N1. The van der Waals surface area contributed by atoms with Gasteiger partial charge in [-0.25, -0.2) is 0 Å². The molecule has 0 unspecified atom stereocenters. The van der Waals surface area contributed by atoms with Crippen LogP contribution in [0, 0.1) is 0 Å². The average molecular weight is 509 g/mol. The first kappa shape index (κ1) is 25.7. The van der Waals surface area contributed by atoms with Gasteiger partial charge in [-0.1, -0.05) is 0 Å². The highest BCUT2D eigenvalue weighted by Gasteiger charge is 2.61. The fourth-order valence-electron chi connectivity index (χ4n) is 1.09. The molecule has 0 aromatic carbocycles. The van der Waals surface area contributed by atoms with E-state index in [-0.39, 0.29) is 0 Å². The van der Waals surface area contributed by atoms with Crippen LogP contribution >= 0.6 is 23.3 Å². The molecule has 168 valence electrons. The largest absolute Gasteiger partial charge is 0.455 e. The van der Waals surface area contributed by atoms with Crippen LogP contribution in [-0.4, -0.2) is 37.4 Å². The van der Waals surface area contributed by atoms with E-state index in [0.29, 0.717) is 0 Å². The van der Waals surface area contributed by atoms with E-state index in [9.17, 15) is 60.7 Å². The number of rotatable bonds is 6. The van der Waals surface area contributed by atoms with E-state index in [4.69, 9.17) is 0 Å². The normalized spacial score (nSPS) is 22.1. The molecular weight excluding hydrogens is 505 g/mol. The van der Waals surface area contributed by atoms with Crippen molar-refractivity contribution in [1.82, 2.24) is 0 Å². The Bertz CT molecular complexity index is 718. The van der Waals surface area contributed by atoms with Crippen molar-refractivity contribution in [3.8, 4) is 0 Å². The Morgan fingerprint density at radius 3 is 1.14 bits per heavy atom. The number of alkyl halides is 10. The summed E-state index contributed by atoms with van der Waals surface area (Å²) in [6.45, 7) is -6.15. The van der Waals surface area contributed by atoms with Crippen LogP contribution in [0.2, 0.25) is 0 Å². The Labute approximate surface area is 145 Å². The molecule has 1 heterocycles. The van der Waals surface area contributed by atoms with Gasteiger partial charge in [0.1, 0.15) is 13.2 Å². The molecule has 0 saturated heterocycles. The third-order valence-corrected chi connectivity index (χ3v) is 8.50. The lowest BCUT2D eigenvalue weighted by molar-refractivity contribution is -0.293. The van der Waals surface area contributed by atoms with Crippen molar-refractivity contribution in [3.05, 3.63) is 0 Å². The van der Waals surface area contributed by atoms with Crippen LogP contribution in [0.25, 0.3) is 0 Å². The number of hydrogen-bond donors (Lipinski definition) is 0. The lowest BCUT2D eigenvalue weighted by Crippen LogP contribution is -2.41. The third-order valence-electron chi connectivity index (χ3n) is 2.31. The van der Waals surface area contributed by atoms with Gasteiger partial charge in [-0.05, 0) is 0 Å². The fraction of sp³-hybridized carbons (Fsp3) is 1.00. The van der Waals surface area contributed by atoms with Crippen LogP contribution in [0.1, 0.15) is 0 Å². The van der Waals surface area contributed by atoms with Gasteiger partial charge in [-0.2, -0.15) is 43.9 Å². The highest BCUT2D eigenvalue weighted by atomic mass is 31.3. The summed E-state index contributed by atoms with van der Waals surface area (Å²) in [5.41, 5.74) is 0. The fourth-order valence-corrected chi connectivity index (χ4v) is 7.26. The Hall–Kier alpha value is -0.370. The molecule has 0 bridgehead atoms. The topological polar surface area (TPSA) is 55.5 Å². The highest BCUT2D eigenvalue weighted by Crippen LogP contribution is 2.81. The molecule has 5 nitrogen and oxygen atoms in total. The molecule has 1 rings (SSSR count). The third kappa shape index (κ3) is 6.31. The molecule has 1 aliphatic heterocycles. The summed E-state index contributed by atoms with van der Waals surface area (Å²) in [5.74, 6) is -11.8. The van der Waals surface area contributed by atoms with Gasteiger partial charge in [-0.3, -0.25) is 9.05 Å². The van der Waals surface area contributed by atoms with Gasteiger partial charge in [0.2, 0.25) is 0 Å². The molecule has 0 amide bonds. The summed E-state index contributed by atoms with van der Waals surface area (Å²) in [6.07, 6.45) is -12.9. The zero-order chi connectivity index (χ0) is 22.4. The van der Waals surface area contributed by atoms with E-state index < -0.39 is 60.7 Å². The second kappa shape index (κ2) is 7.40. The minimum absolute atomic E-state index is 1.50. The van der Waals surface area contributed by atoms with Gasteiger partial charge in [-0.15, -0.1) is 30.3 Å². The second-order valence-corrected chi connectivity index (χ2v) is 10.1. The predicted molar refractivity (Wildman–Crippen MR) is 66.4 cm³/mol. The lowest BCUT2D eigenvalue weighted by Gasteiger charge is -2.28. The first-order valence-electron chi connectivity index (χ1n) is 5.92. The van der Waals surface area contributed by atoms with Crippen LogP contribution in [0.15, 0.2) is 13.5 Å². The van der Waals surface area contributed by atoms with Crippen LogP contribution in [0.4, 0.5) is 60.7 Å². The zero-order valence-electron chi connectivity index (χ0n) is 12.2. The Morgan fingerprint density at radius 1 is 0.536 bits per heavy atom. The minimum atomic E-state index is -6.62. The monoisotopic (exact) mass is 509 g/mol. The van der Waals surface area contributed by atoms with Crippen LogP contribution in [0.3, 0.4) is 0 Å². The van der Waals surface area contributed by atoms with Crippen molar-refractivity contribution in [2.75, 3.05) is 13.2 Å². The van der Waals surface area contributed by atoms with Gasteiger partial charge < -0.3 is 0 Å². The van der Waals surface area contributed by atoms with Gasteiger partial charge >= 0.3 is 47.5 Å². The molecule has 1 aliphatic rings. The van der Waals surface area contributed by atoms with Crippen LogP contribution in [0.5, 0.6) is 0 Å². The number of halogens is 14. The maximum Gasteiger partial charge on any atom is 0.455 e. The molecule has 0 aliphatic carbocycles. The van der Waals surface area contributed by atoms with Crippen molar-refractivity contribution >= 4 is 23.3 Å². The Morgan fingerprint density at radius 2 is 0.857 bits per heavy atom. The second-order valence-electron chi connectivity index (χ2n) is 4.62. The molecule has 0 saturated carbocycles. The van der Waals surface area contributed by atoms with Crippen molar-refractivity contribution in [2.24, 2.45) is 13.5 Å². The number of nitrogens with zero attached hydrogens (tertiary/aromatic N) is 3. The molecule has 22 heteroatoms. The molecule has 0 atom stereocenters. The van der Waals surface area contributed by atoms with Gasteiger partial charge in [0.15, 0.2) is 0 Å². The first-order valence-corrected chi connectivity index (χ1v) is 10.4. The summed E-state index contributed by atoms with van der Waals surface area (Å²) < 4.78 is 189. The van der Waals surface area contributed by atoms with Crippen LogP contribution in [-0.2, 0) is 9.05 Å². The van der Waals surface area contributed by atoms with E-state index >= 15 is 0 Å². The summed E-state index contributed by atoms with van der Waals surface area (Å²) in [7, 11) is -19.4. The molecule has 0 fully saturated rings. The predicted octanol–water partition coefficient (Wildman–Crippen LogP) is 8.15. The lowest BCUT2D eigenvalue weighted by atomic mass is 10.3. The van der Waals surface area contributed by atoms with Crippen molar-refractivity contribution in [1.29, 1.82) is 0 Å². The summed E-state index contributed by atoms with van der Waals surface area (Å²) in [4.78, 5) is 0. The average Bonchev–Trinajstić information content (AvgIpc) is 2.37. The molecule has 28 heavy (non-hydrogen) atoms. The molecular formula is C6H4F14N3O2P3. The molecule has 0 aromatic rings. The maximum absolute atomic E-state index is 13.2. The standard InChI is InChI=1S/C6H4F14N3O2P3/c7-3(8,5(11,12)13)1-24-28(25-2-4(9,10)6(14,15)16)22-26(17,18)21-27(19,20)23-28/h1-2H2. The van der Waals surface area contributed by atoms with Crippen molar-refractivity contribution in [2.45, 2.75) is 24.2 Å². The van der Waals surface area contributed by atoms with Crippen molar-refractivity contribution < 1.29 is 69.7 Å². The van der Waals surface area contributed by atoms with Gasteiger partial charge in [0.25, 0.3) is 0 Å². The van der Waals surface area contributed by atoms with Crippen molar-refractivity contribution in [3.63, 3.8) is 0 Å². The van der Waals surface area contributed by atoms with Crippen LogP contribution < -0.4 is 0 Å². The van der Waals surface area contributed by atoms with E-state index in [1.807, 2.05) is 9.03 Å². The highest BCUT2D eigenvalue weighted by molar-refractivity contribution is 7.77. The molecule has 0 aromatic heterocycles. The molecule has 0 spiro atoms. The smallest absolute Gasteiger partial charge is 0.300 e. The number of hydrogen-bond acceptors (Lipinski definition) is 5. The summed E-state index contributed by atoms with van der Waals surface area (Å²) in [5, 5.41) is 0. The minimum Gasteiger partial charge on any atom is -0.300 e. The summed E-state index contributed by atoms with van der Waals surface area (Å²) in [6, 6.07) is 0. The molecule has 0 radical (unpaired) electrons. The molecule has 0 N–H and O–H groups in total. The van der Waals surface area contributed by atoms with Gasteiger partial charge in [0.05, 0.1) is 0 Å². The zero-order valence-corrected chi connectivity index (χ0v) is 14.9. The van der Waals surface area contributed by atoms with E-state index in [0.717, 1.165) is 0 Å². The van der Waals surface area contributed by atoms with E-state index in [1.54, 1.807) is 0 Å². The summed E-state index contributed by atoms with van der Waals surface area (Å²) >= 11 is 0.